The first-order valence-corrected chi connectivity index (χ1v) is 18.7. The first kappa shape index (κ1) is 40.1. The van der Waals surface area contributed by atoms with E-state index in [1.807, 2.05) is 0 Å². The van der Waals surface area contributed by atoms with Crippen molar-refractivity contribution in [1.29, 1.82) is 0 Å². The average molecular weight is 641 g/mol. The molecule has 0 aromatic carbocycles. The molecule has 2 rings (SSSR count). The monoisotopic (exact) mass is 640 g/mol. The highest BCUT2D eigenvalue weighted by molar-refractivity contribution is 5.90. The van der Waals surface area contributed by atoms with Gasteiger partial charge in [-0.15, -0.1) is 0 Å². The van der Waals surface area contributed by atoms with Crippen LogP contribution >= 0.6 is 0 Å². The van der Waals surface area contributed by atoms with Gasteiger partial charge in [0.05, 0.1) is 42.7 Å². The van der Waals surface area contributed by atoms with E-state index in [1.54, 1.807) is 13.0 Å². The number of cyclic esters (lactones) is 1. The molecule has 0 aliphatic carbocycles. The van der Waals surface area contributed by atoms with E-state index in [4.69, 9.17) is 9.47 Å². The second-order valence-corrected chi connectivity index (χ2v) is 14.0. The molecule has 1 fully saturated rings. The van der Waals surface area contributed by atoms with Crippen LogP contribution in [0.15, 0.2) is 11.6 Å². The Labute approximate surface area is 274 Å². The number of aliphatic hydroxyl groups excluding tert-OH is 5. The van der Waals surface area contributed by atoms with Gasteiger partial charge in [-0.3, -0.25) is 0 Å². The van der Waals surface area contributed by atoms with E-state index in [-0.39, 0.29) is 24.3 Å². The highest BCUT2D eigenvalue weighted by atomic mass is 16.5. The second kappa shape index (κ2) is 24.2. The third-order valence-corrected chi connectivity index (χ3v) is 9.66. The fourth-order valence-corrected chi connectivity index (χ4v) is 6.81. The summed E-state index contributed by atoms with van der Waals surface area (Å²) in [6.07, 6.45) is 20.8. The average Bonchev–Trinajstić information content (AvgIpc) is 3.62. The first-order valence-electron chi connectivity index (χ1n) is 18.7. The molecule has 0 saturated carbocycles. The van der Waals surface area contributed by atoms with Crippen molar-refractivity contribution in [3.05, 3.63) is 11.6 Å². The molecule has 1 saturated heterocycles. The summed E-state index contributed by atoms with van der Waals surface area (Å²) in [6.45, 7) is 4.05. The molecule has 8 atom stereocenters. The number of aliphatic hydroxyl groups is 5. The van der Waals surface area contributed by atoms with E-state index in [0.29, 0.717) is 44.1 Å². The standard InChI is InChI=1S/C37H68O8/c1-3-4-5-6-7-8-9-10-11-16-22-33(41)35-23-24-36(45-35)34(42)27-32(40)19-15-13-12-14-18-30(38)20-17-21-31(39)26-29-25-28(2)44-37(29)43/h25,28,30-36,38-42H,3-24,26-27H2,1-2H3/t28-,30+,31+,32-,33-,34-,35-,36-/m1/s1. The van der Waals surface area contributed by atoms with Crippen molar-refractivity contribution in [3.8, 4) is 0 Å². The number of hydrogen-bond acceptors (Lipinski definition) is 8. The van der Waals surface area contributed by atoms with Crippen molar-refractivity contribution in [3.63, 3.8) is 0 Å². The topological polar surface area (TPSA) is 137 Å². The Balaban J connectivity index is 1.42. The van der Waals surface area contributed by atoms with E-state index >= 15 is 0 Å². The van der Waals surface area contributed by atoms with E-state index < -0.39 is 30.5 Å². The van der Waals surface area contributed by atoms with E-state index in [1.165, 1.54) is 51.4 Å². The van der Waals surface area contributed by atoms with Crippen LogP contribution in [0.5, 0.6) is 0 Å². The van der Waals surface area contributed by atoms with Gasteiger partial charge in [-0.2, -0.15) is 0 Å². The number of unbranched alkanes of at least 4 members (excludes halogenated alkanes) is 12. The van der Waals surface area contributed by atoms with Crippen LogP contribution in [-0.2, 0) is 14.3 Å². The van der Waals surface area contributed by atoms with Crippen LogP contribution in [0.25, 0.3) is 0 Å². The molecule has 0 aromatic heterocycles. The minimum Gasteiger partial charge on any atom is -0.455 e. The molecular formula is C37H68O8. The molecule has 0 spiro atoms. The van der Waals surface area contributed by atoms with Gasteiger partial charge in [0, 0.05) is 18.4 Å². The Morgan fingerprint density at radius 2 is 1.13 bits per heavy atom. The summed E-state index contributed by atoms with van der Waals surface area (Å²) in [5.41, 5.74) is 0.542. The molecular weight excluding hydrogens is 572 g/mol. The summed E-state index contributed by atoms with van der Waals surface area (Å²) >= 11 is 0. The van der Waals surface area contributed by atoms with Crippen molar-refractivity contribution in [1.82, 2.24) is 0 Å². The summed E-state index contributed by atoms with van der Waals surface area (Å²) < 4.78 is 11.1. The second-order valence-electron chi connectivity index (χ2n) is 14.0. The number of esters is 1. The van der Waals surface area contributed by atoms with Gasteiger partial charge >= 0.3 is 5.97 Å². The summed E-state index contributed by atoms with van der Waals surface area (Å²) in [7, 11) is 0. The lowest BCUT2D eigenvalue weighted by molar-refractivity contribution is -0.139. The van der Waals surface area contributed by atoms with Crippen molar-refractivity contribution in [2.75, 3.05) is 0 Å². The highest BCUT2D eigenvalue weighted by Gasteiger charge is 2.35. The summed E-state index contributed by atoms with van der Waals surface area (Å²) in [4.78, 5) is 11.7. The van der Waals surface area contributed by atoms with E-state index in [9.17, 15) is 30.3 Å². The zero-order chi connectivity index (χ0) is 32.9. The van der Waals surface area contributed by atoms with Crippen LogP contribution in [0.4, 0.5) is 0 Å². The molecule has 0 amide bonds. The number of ether oxygens (including phenoxy) is 2. The minimum atomic E-state index is -0.713. The molecule has 2 aliphatic heterocycles. The lowest BCUT2D eigenvalue weighted by atomic mass is 9.98. The van der Waals surface area contributed by atoms with Crippen molar-refractivity contribution < 1.29 is 39.8 Å². The normalized spacial score (nSPS) is 23.5. The van der Waals surface area contributed by atoms with Gasteiger partial charge in [0.1, 0.15) is 6.10 Å². The Morgan fingerprint density at radius 1 is 0.644 bits per heavy atom. The third-order valence-electron chi connectivity index (χ3n) is 9.66. The fourth-order valence-electron chi connectivity index (χ4n) is 6.81. The summed E-state index contributed by atoms with van der Waals surface area (Å²) in [5.74, 6) is -0.341. The Kier molecular flexibility index (Phi) is 21.6. The molecule has 5 N–H and O–H groups in total. The van der Waals surface area contributed by atoms with Crippen molar-refractivity contribution in [2.45, 2.75) is 217 Å². The lowest BCUT2D eigenvalue weighted by Crippen LogP contribution is -2.33. The SMILES string of the molecule is CCCCCCCCCCCC[C@@H](O)[C@H]1CC[C@H]([C@H](O)C[C@H](O)CCCCCC[C@H](O)CCC[C@H](O)CC2=C[C@@H](C)OC2=O)O1. The molecule has 45 heavy (non-hydrogen) atoms. The maximum Gasteiger partial charge on any atom is 0.334 e. The van der Waals surface area contributed by atoms with Crippen LogP contribution in [0.1, 0.15) is 168 Å². The zero-order valence-electron chi connectivity index (χ0n) is 28.6. The maximum atomic E-state index is 11.7. The van der Waals surface area contributed by atoms with Gasteiger partial charge in [0.15, 0.2) is 0 Å². The van der Waals surface area contributed by atoms with Gasteiger partial charge < -0.3 is 35.0 Å². The largest absolute Gasteiger partial charge is 0.455 e. The van der Waals surface area contributed by atoms with Crippen LogP contribution in [0.2, 0.25) is 0 Å². The number of carbonyl (C=O) groups is 1. The molecule has 8 heteroatoms. The van der Waals surface area contributed by atoms with Crippen LogP contribution < -0.4 is 0 Å². The summed E-state index contributed by atoms with van der Waals surface area (Å²) in [5, 5.41) is 52.2. The fraction of sp³-hybridized carbons (Fsp3) is 0.919. The van der Waals surface area contributed by atoms with E-state index in [0.717, 1.165) is 64.2 Å². The lowest BCUT2D eigenvalue weighted by Gasteiger charge is -2.23. The number of rotatable bonds is 28. The number of hydrogen-bond donors (Lipinski definition) is 5. The van der Waals surface area contributed by atoms with E-state index in [2.05, 4.69) is 6.92 Å². The van der Waals surface area contributed by atoms with Crippen LogP contribution in [0, 0.1) is 0 Å². The Bertz CT molecular complexity index is 788. The molecule has 8 nitrogen and oxygen atoms in total. The van der Waals surface area contributed by atoms with Crippen molar-refractivity contribution >= 4 is 5.97 Å². The molecule has 2 heterocycles. The van der Waals surface area contributed by atoms with Crippen LogP contribution in [0.3, 0.4) is 0 Å². The zero-order valence-corrected chi connectivity index (χ0v) is 28.6. The van der Waals surface area contributed by atoms with Crippen molar-refractivity contribution in [2.24, 2.45) is 0 Å². The third kappa shape index (κ3) is 18.2. The molecule has 264 valence electrons. The summed E-state index contributed by atoms with van der Waals surface area (Å²) in [6, 6.07) is 0. The molecule has 0 bridgehead atoms. The number of carbonyl (C=O) groups excluding carboxylic acids is 1. The quantitative estimate of drug-likeness (QED) is 0.0465. The molecule has 0 unspecified atom stereocenters. The molecule has 2 aliphatic rings. The smallest absolute Gasteiger partial charge is 0.334 e. The van der Waals surface area contributed by atoms with Crippen LogP contribution in [-0.4, -0.2) is 80.3 Å². The van der Waals surface area contributed by atoms with Gasteiger partial charge in [0.2, 0.25) is 0 Å². The Hall–Kier alpha value is -1.03. The molecule has 0 aromatic rings. The first-order chi connectivity index (χ1) is 21.7. The highest BCUT2D eigenvalue weighted by Crippen LogP contribution is 2.29. The Morgan fingerprint density at radius 3 is 1.71 bits per heavy atom. The predicted molar refractivity (Wildman–Crippen MR) is 179 cm³/mol. The maximum absolute atomic E-state index is 11.7. The molecule has 0 radical (unpaired) electrons. The predicted octanol–water partition coefficient (Wildman–Crippen LogP) is 6.81. The van der Waals surface area contributed by atoms with Gasteiger partial charge in [0.25, 0.3) is 0 Å². The van der Waals surface area contributed by atoms with Gasteiger partial charge in [-0.25, -0.2) is 4.79 Å². The van der Waals surface area contributed by atoms with Gasteiger partial charge in [-0.1, -0.05) is 96.8 Å². The minimum absolute atomic E-state index is 0.208. The van der Waals surface area contributed by atoms with Gasteiger partial charge in [-0.05, 0) is 64.4 Å².